The second-order valence-electron chi connectivity index (χ2n) is 3.07. The molecule has 0 fully saturated rings. The zero-order valence-corrected chi connectivity index (χ0v) is 10.3. The van der Waals surface area contributed by atoms with Crippen LogP contribution < -0.4 is 0 Å². The van der Waals surface area contributed by atoms with Gasteiger partial charge in [-0.05, 0) is 24.1 Å². The van der Waals surface area contributed by atoms with Crippen molar-refractivity contribution in [3.63, 3.8) is 0 Å². The molecule has 3 radical (unpaired) electrons. The molecular weight excluding hydrogens is 220 g/mol. The summed E-state index contributed by atoms with van der Waals surface area (Å²) in [7, 11) is 0.750. The van der Waals surface area contributed by atoms with Gasteiger partial charge in [0.05, 0.1) is 7.11 Å². The van der Waals surface area contributed by atoms with Crippen LogP contribution in [0, 0.1) is 18.9 Å². The van der Waals surface area contributed by atoms with E-state index in [0.29, 0.717) is 0 Å². The second-order valence-corrected chi connectivity index (χ2v) is 3.07. The quantitative estimate of drug-likeness (QED) is 0.670. The lowest BCUT2D eigenvalue weighted by atomic mass is 10.2. The van der Waals surface area contributed by atoms with E-state index in [-0.39, 0.29) is 0 Å². The van der Waals surface area contributed by atoms with Gasteiger partial charge in [0.1, 0.15) is 0 Å². The third kappa shape index (κ3) is 7.05. The first-order valence-corrected chi connectivity index (χ1v) is 5.35. The lowest BCUT2D eigenvalue weighted by Crippen LogP contribution is -1.66. The van der Waals surface area contributed by atoms with Gasteiger partial charge in [-0.2, -0.15) is 0 Å². The topological polar surface area (TPSA) is 19.9 Å². The minimum atomic E-state index is 0.750. The van der Waals surface area contributed by atoms with Crippen LogP contribution >= 0.6 is 0 Å². The maximum Gasteiger partial charge on any atom is 0.0712 e. The smallest absolute Gasteiger partial charge is 0.0712 e. The van der Waals surface area contributed by atoms with Crippen LogP contribution in [0.3, 0.4) is 0 Å². The van der Waals surface area contributed by atoms with Crippen molar-refractivity contribution in [2.45, 2.75) is 0 Å². The van der Waals surface area contributed by atoms with E-state index in [9.17, 15) is 0 Å². The van der Waals surface area contributed by atoms with Gasteiger partial charge in [-0.3, -0.25) is 0 Å². The molecule has 2 aromatic carbocycles. The Labute approximate surface area is 109 Å². The molecule has 0 saturated heterocycles. The molecule has 18 heavy (non-hydrogen) atoms. The fourth-order valence-corrected chi connectivity index (χ4v) is 1.09. The summed E-state index contributed by atoms with van der Waals surface area (Å²) in [5.74, 6) is 2.28. The van der Waals surface area contributed by atoms with Gasteiger partial charge in [0.15, 0.2) is 0 Å². The Morgan fingerprint density at radius 2 is 1.39 bits per heavy atom. The Morgan fingerprint density at radius 1 is 0.944 bits per heavy atom. The van der Waals surface area contributed by atoms with E-state index in [1.807, 2.05) is 60.7 Å². The van der Waals surface area contributed by atoms with Crippen LogP contribution in [0.2, 0.25) is 0 Å². The van der Waals surface area contributed by atoms with E-state index < -0.39 is 0 Å². The zero-order chi connectivity index (χ0) is 13.6. The molecule has 0 unspecified atom stereocenters. The summed E-state index contributed by atoms with van der Waals surface area (Å²) in [6.07, 6.45) is 8.28. The number of hydrogen-bond acceptors (Lipinski definition) is 0. The third-order valence-corrected chi connectivity index (χ3v) is 1.91. The summed E-state index contributed by atoms with van der Waals surface area (Å²) < 4.78 is 0. The molecule has 0 spiro atoms. The molecule has 0 aromatic heterocycles. The Balaban J connectivity index is 0.000000283. The van der Waals surface area contributed by atoms with Gasteiger partial charge in [-0.25, -0.2) is 5.11 Å². The predicted octanol–water partition coefficient (Wildman–Crippen LogP) is 3.80. The standard InChI is InChI=1S/C8H7.C8H5.CH3O/c2*1-2-8-6-4-3-5-7-8;1-2/h1-7H;3-7H;1H3. The molecule has 0 aliphatic rings. The molecule has 2 rings (SSSR count). The summed E-state index contributed by atoms with van der Waals surface area (Å²) in [5.41, 5.74) is 1.89. The van der Waals surface area contributed by atoms with Gasteiger partial charge in [0.2, 0.25) is 0 Å². The van der Waals surface area contributed by atoms with Gasteiger partial charge in [-0.1, -0.05) is 67.1 Å². The Hall–Kier alpha value is -2.30. The Kier molecular flexibility index (Phi) is 9.76. The maximum absolute atomic E-state index is 8.25. The normalized spacial score (nSPS) is 7.61. The first-order chi connectivity index (χ1) is 8.86. The first kappa shape index (κ1) is 15.7. The van der Waals surface area contributed by atoms with Crippen LogP contribution in [-0.4, -0.2) is 7.11 Å². The van der Waals surface area contributed by atoms with Crippen molar-refractivity contribution in [1.82, 2.24) is 0 Å². The van der Waals surface area contributed by atoms with Crippen LogP contribution in [0.5, 0.6) is 0 Å². The van der Waals surface area contributed by atoms with Crippen molar-refractivity contribution in [2.24, 2.45) is 0 Å². The highest BCUT2D eigenvalue weighted by Crippen LogP contribution is 1.97. The molecule has 0 aliphatic heterocycles. The van der Waals surface area contributed by atoms with Crippen molar-refractivity contribution < 1.29 is 5.11 Å². The molecule has 0 N–H and O–H groups in total. The zero-order valence-electron chi connectivity index (χ0n) is 10.3. The summed E-state index contributed by atoms with van der Waals surface area (Å²) in [6.45, 7) is 5.22. The summed E-state index contributed by atoms with van der Waals surface area (Å²) in [6, 6.07) is 19.2. The van der Waals surface area contributed by atoms with Crippen LogP contribution in [0.4, 0.5) is 0 Å². The average molecular weight is 235 g/mol. The SMILES string of the molecule is C[O].[CH]=Cc1ccccc1.[C]#Cc1ccccc1. The van der Waals surface area contributed by atoms with Crippen molar-refractivity contribution in [3.05, 3.63) is 84.8 Å². The fourth-order valence-electron chi connectivity index (χ4n) is 1.09. The van der Waals surface area contributed by atoms with Crippen molar-refractivity contribution in [1.29, 1.82) is 0 Å². The van der Waals surface area contributed by atoms with Gasteiger partial charge in [-0.15, -0.1) is 0 Å². The highest BCUT2D eigenvalue weighted by atomic mass is 16.2. The van der Waals surface area contributed by atoms with Crippen molar-refractivity contribution in [2.75, 3.05) is 7.11 Å². The van der Waals surface area contributed by atoms with E-state index in [0.717, 1.165) is 18.2 Å². The van der Waals surface area contributed by atoms with Crippen molar-refractivity contribution in [3.8, 4) is 5.92 Å². The molecule has 1 nitrogen and oxygen atoms in total. The predicted molar refractivity (Wildman–Crippen MR) is 74.5 cm³/mol. The van der Waals surface area contributed by atoms with Crippen LogP contribution in [0.15, 0.2) is 60.7 Å². The van der Waals surface area contributed by atoms with Crippen LogP contribution in [0.25, 0.3) is 6.08 Å². The third-order valence-electron chi connectivity index (χ3n) is 1.91. The van der Waals surface area contributed by atoms with E-state index in [1.165, 1.54) is 0 Å². The second kappa shape index (κ2) is 11.2. The van der Waals surface area contributed by atoms with E-state index in [2.05, 4.69) is 5.92 Å². The molecule has 89 valence electrons. The highest BCUT2D eigenvalue weighted by Gasteiger charge is 1.77. The minimum Gasteiger partial charge on any atom is -0.240 e. The summed E-state index contributed by atoms with van der Waals surface area (Å²) in [4.78, 5) is 0. The molecule has 0 aliphatic carbocycles. The Bertz CT molecular complexity index is 452. The molecular formula is C17H15O. The molecule has 0 saturated carbocycles. The van der Waals surface area contributed by atoms with E-state index in [1.54, 1.807) is 6.08 Å². The first-order valence-electron chi connectivity index (χ1n) is 5.35. The lowest BCUT2D eigenvalue weighted by Gasteiger charge is -1.85. The number of benzene rings is 2. The van der Waals surface area contributed by atoms with Crippen LogP contribution in [0.1, 0.15) is 11.1 Å². The molecule has 0 bridgehead atoms. The minimum absolute atomic E-state index is 0.750. The largest absolute Gasteiger partial charge is 0.240 e. The average Bonchev–Trinajstić information content (AvgIpc) is 2.51. The summed E-state index contributed by atoms with van der Waals surface area (Å²) >= 11 is 0. The number of rotatable bonds is 1. The van der Waals surface area contributed by atoms with Gasteiger partial charge >= 0.3 is 0 Å². The Morgan fingerprint density at radius 3 is 1.67 bits per heavy atom. The highest BCUT2D eigenvalue weighted by molar-refractivity contribution is 5.44. The van der Waals surface area contributed by atoms with Crippen LogP contribution in [-0.2, 0) is 5.11 Å². The molecule has 0 amide bonds. The summed E-state index contributed by atoms with van der Waals surface area (Å²) in [5, 5.41) is 8.25. The van der Waals surface area contributed by atoms with Crippen molar-refractivity contribution >= 4 is 6.08 Å². The fraction of sp³-hybridized carbons (Fsp3) is 0.0588. The molecule has 0 atom stereocenters. The number of hydrogen-bond donors (Lipinski definition) is 0. The molecule has 0 heterocycles. The maximum atomic E-state index is 8.25. The van der Waals surface area contributed by atoms with Gasteiger partial charge in [0, 0.05) is 5.56 Å². The monoisotopic (exact) mass is 235 g/mol. The lowest BCUT2D eigenvalue weighted by molar-refractivity contribution is 0.282. The van der Waals surface area contributed by atoms with Gasteiger partial charge < -0.3 is 0 Å². The van der Waals surface area contributed by atoms with E-state index in [4.69, 9.17) is 18.1 Å². The van der Waals surface area contributed by atoms with E-state index >= 15 is 0 Å². The van der Waals surface area contributed by atoms with Gasteiger partial charge in [0.25, 0.3) is 0 Å². The molecule has 2 aromatic rings. The molecule has 1 heteroatoms.